The van der Waals surface area contributed by atoms with Crippen molar-refractivity contribution in [3.63, 3.8) is 0 Å². The van der Waals surface area contributed by atoms with Gasteiger partial charge in [-0.25, -0.2) is 9.97 Å². The van der Waals surface area contributed by atoms with E-state index in [2.05, 4.69) is 30.6 Å². The van der Waals surface area contributed by atoms with E-state index in [1.165, 1.54) is 12.1 Å². The molecule has 0 atom stereocenters. The number of aryl methyl sites for hydroxylation is 1. The molecule has 3 nitrogen and oxygen atoms in total. The van der Waals surface area contributed by atoms with Crippen LogP contribution in [0.2, 0.25) is 5.15 Å². The SMILES string of the molecule is CCCc1nc(-c2ccc(OC(F)F)cc2)nc(Cl)c1Br. The number of hydrogen-bond acceptors (Lipinski definition) is 3. The molecule has 112 valence electrons. The Morgan fingerprint density at radius 3 is 2.48 bits per heavy atom. The predicted octanol–water partition coefficient (Wildman–Crippen LogP) is 5.11. The first-order chi connectivity index (χ1) is 10.0. The highest BCUT2D eigenvalue weighted by Gasteiger charge is 2.12. The monoisotopic (exact) mass is 376 g/mol. The number of aromatic nitrogens is 2. The highest BCUT2D eigenvalue weighted by Crippen LogP contribution is 2.28. The third-order valence-corrected chi connectivity index (χ3v) is 4.04. The number of rotatable bonds is 5. The molecule has 2 aromatic rings. The summed E-state index contributed by atoms with van der Waals surface area (Å²) in [6.07, 6.45) is 1.69. The molecule has 0 saturated carbocycles. The van der Waals surface area contributed by atoms with Crippen LogP contribution in [-0.2, 0) is 6.42 Å². The van der Waals surface area contributed by atoms with Gasteiger partial charge in [0.25, 0.3) is 0 Å². The second kappa shape index (κ2) is 7.13. The van der Waals surface area contributed by atoms with Crippen LogP contribution in [0.4, 0.5) is 8.78 Å². The van der Waals surface area contributed by atoms with E-state index in [1.54, 1.807) is 12.1 Å². The molecule has 2 rings (SSSR count). The van der Waals surface area contributed by atoms with Gasteiger partial charge in [0.15, 0.2) is 5.82 Å². The van der Waals surface area contributed by atoms with Crippen molar-refractivity contribution in [2.75, 3.05) is 0 Å². The summed E-state index contributed by atoms with van der Waals surface area (Å²) in [7, 11) is 0. The molecule has 0 spiro atoms. The molecule has 21 heavy (non-hydrogen) atoms. The van der Waals surface area contributed by atoms with Crippen LogP contribution in [0.5, 0.6) is 5.75 Å². The first kappa shape index (κ1) is 16.1. The zero-order chi connectivity index (χ0) is 15.4. The molecule has 1 aromatic heterocycles. The van der Waals surface area contributed by atoms with Crippen molar-refractivity contribution in [2.45, 2.75) is 26.4 Å². The first-order valence-electron chi connectivity index (χ1n) is 6.28. The third-order valence-electron chi connectivity index (χ3n) is 2.70. The Kier molecular flexibility index (Phi) is 5.47. The first-order valence-corrected chi connectivity index (χ1v) is 7.45. The zero-order valence-electron chi connectivity index (χ0n) is 11.1. The smallest absolute Gasteiger partial charge is 0.387 e. The molecule has 7 heteroatoms. The van der Waals surface area contributed by atoms with Crippen molar-refractivity contribution in [1.82, 2.24) is 9.97 Å². The fourth-order valence-corrected chi connectivity index (χ4v) is 2.34. The molecule has 0 bridgehead atoms. The molecule has 0 aliphatic carbocycles. The normalized spacial score (nSPS) is 11.0. The Balaban J connectivity index is 2.33. The lowest BCUT2D eigenvalue weighted by molar-refractivity contribution is -0.0498. The molecule has 0 aliphatic rings. The quantitative estimate of drug-likeness (QED) is 0.679. The van der Waals surface area contributed by atoms with Crippen molar-refractivity contribution < 1.29 is 13.5 Å². The van der Waals surface area contributed by atoms with E-state index < -0.39 is 6.61 Å². The van der Waals surface area contributed by atoms with Gasteiger partial charge in [0.2, 0.25) is 0 Å². The number of nitrogens with zero attached hydrogens (tertiary/aromatic N) is 2. The van der Waals surface area contributed by atoms with Gasteiger partial charge < -0.3 is 4.74 Å². The third kappa shape index (κ3) is 4.11. The van der Waals surface area contributed by atoms with Crippen molar-refractivity contribution in [1.29, 1.82) is 0 Å². The van der Waals surface area contributed by atoms with Gasteiger partial charge in [0, 0.05) is 5.56 Å². The average Bonchev–Trinajstić information content (AvgIpc) is 2.44. The van der Waals surface area contributed by atoms with Gasteiger partial charge in [0.05, 0.1) is 10.2 Å². The minimum absolute atomic E-state index is 0.0886. The van der Waals surface area contributed by atoms with Crippen LogP contribution in [-0.4, -0.2) is 16.6 Å². The molecule has 0 amide bonds. The Bertz CT molecular complexity index is 623. The number of benzene rings is 1. The van der Waals surface area contributed by atoms with Gasteiger partial charge in [-0.2, -0.15) is 8.78 Å². The Morgan fingerprint density at radius 1 is 1.24 bits per heavy atom. The van der Waals surface area contributed by atoms with Crippen LogP contribution in [0.1, 0.15) is 19.0 Å². The van der Waals surface area contributed by atoms with Gasteiger partial charge in [-0.05, 0) is 46.6 Å². The molecule has 0 fully saturated rings. The van der Waals surface area contributed by atoms with Gasteiger partial charge in [-0.3, -0.25) is 0 Å². The highest BCUT2D eigenvalue weighted by molar-refractivity contribution is 9.10. The predicted molar refractivity (Wildman–Crippen MR) is 80.8 cm³/mol. The summed E-state index contributed by atoms with van der Waals surface area (Å²) < 4.78 is 29.2. The lowest BCUT2D eigenvalue weighted by Gasteiger charge is -2.08. The van der Waals surface area contributed by atoms with Crippen LogP contribution >= 0.6 is 27.5 Å². The van der Waals surface area contributed by atoms with E-state index in [4.69, 9.17) is 11.6 Å². The van der Waals surface area contributed by atoms with E-state index in [0.29, 0.717) is 21.0 Å². The van der Waals surface area contributed by atoms with Gasteiger partial charge in [-0.1, -0.05) is 24.9 Å². The Morgan fingerprint density at radius 2 is 1.90 bits per heavy atom. The molecular formula is C14H12BrClF2N2O. The Labute approximate surface area is 134 Å². The van der Waals surface area contributed by atoms with Crippen LogP contribution in [0.25, 0.3) is 11.4 Å². The maximum absolute atomic E-state index is 12.1. The largest absolute Gasteiger partial charge is 0.435 e. The van der Waals surface area contributed by atoms with Crippen LogP contribution in [0, 0.1) is 0 Å². The van der Waals surface area contributed by atoms with Crippen LogP contribution < -0.4 is 4.74 Å². The maximum Gasteiger partial charge on any atom is 0.387 e. The van der Waals surface area contributed by atoms with E-state index >= 15 is 0 Å². The second-order valence-electron chi connectivity index (χ2n) is 4.25. The molecule has 0 saturated heterocycles. The molecule has 1 heterocycles. The van der Waals surface area contributed by atoms with E-state index in [0.717, 1.165) is 18.5 Å². The lowest BCUT2D eigenvalue weighted by atomic mass is 10.2. The number of hydrogen-bond donors (Lipinski definition) is 0. The highest BCUT2D eigenvalue weighted by atomic mass is 79.9. The lowest BCUT2D eigenvalue weighted by Crippen LogP contribution is -2.02. The summed E-state index contributed by atoms with van der Waals surface area (Å²) in [5.74, 6) is 0.543. The minimum atomic E-state index is -2.84. The maximum atomic E-state index is 12.1. The fourth-order valence-electron chi connectivity index (χ4n) is 1.78. The molecule has 0 radical (unpaired) electrons. The minimum Gasteiger partial charge on any atom is -0.435 e. The van der Waals surface area contributed by atoms with Crippen LogP contribution in [0.3, 0.4) is 0 Å². The molecule has 0 aliphatic heterocycles. The summed E-state index contributed by atoms with van der Waals surface area (Å²) in [4.78, 5) is 8.65. The molecule has 1 aromatic carbocycles. The summed E-state index contributed by atoms with van der Waals surface area (Å²) in [5, 5.41) is 0.330. The molecule has 0 N–H and O–H groups in total. The van der Waals surface area contributed by atoms with Gasteiger partial charge in [0.1, 0.15) is 10.9 Å². The second-order valence-corrected chi connectivity index (χ2v) is 5.40. The summed E-state index contributed by atoms with van der Waals surface area (Å²) in [6.45, 7) is -0.802. The average molecular weight is 378 g/mol. The Hall–Kier alpha value is -1.27. The topological polar surface area (TPSA) is 35.0 Å². The number of alkyl halides is 2. The van der Waals surface area contributed by atoms with E-state index in [9.17, 15) is 8.78 Å². The summed E-state index contributed by atoms with van der Waals surface area (Å²) in [6, 6.07) is 6.13. The van der Waals surface area contributed by atoms with Gasteiger partial charge in [-0.15, -0.1) is 0 Å². The van der Waals surface area contributed by atoms with Crippen molar-refractivity contribution in [3.8, 4) is 17.1 Å². The standard InChI is InChI=1S/C14H12BrClF2N2O/c1-2-3-10-11(15)12(16)20-13(19-10)8-4-6-9(7-5-8)21-14(17)18/h4-7,14H,2-3H2,1H3. The van der Waals surface area contributed by atoms with Crippen molar-refractivity contribution in [2.24, 2.45) is 0 Å². The van der Waals surface area contributed by atoms with Gasteiger partial charge >= 0.3 is 6.61 Å². The van der Waals surface area contributed by atoms with E-state index in [1.807, 2.05) is 6.92 Å². The number of halogens is 4. The fraction of sp³-hybridized carbons (Fsp3) is 0.286. The van der Waals surface area contributed by atoms with Crippen molar-refractivity contribution >= 4 is 27.5 Å². The molecule has 0 unspecified atom stereocenters. The van der Waals surface area contributed by atoms with Crippen LogP contribution in [0.15, 0.2) is 28.7 Å². The summed E-state index contributed by atoms with van der Waals surface area (Å²) >= 11 is 9.45. The number of ether oxygens (including phenoxy) is 1. The van der Waals surface area contributed by atoms with E-state index in [-0.39, 0.29) is 5.75 Å². The summed E-state index contributed by atoms with van der Waals surface area (Å²) in [5.41, 5.74) is 1.50. The van der Waals surface area contributed by atoms with Crippen molar-refractivity contribution in [3.05, 3.63) is 39.6 Å². The zero-order valence-corrected chi connectivity index (χ0v) is 13.5. The molecular weight excluding hydrogens is 366 g/mol.